The molecule has 5 rings (SSSR count). The first-order chi connectivity index (χ1) is 13.8. The highest BCUT2D eigenvalue weighted by Gasteiger charge is 2.33. The summed E-state index contributed by atoms with van der Waals surface area (Å²) in [6.45, 7) is 3.95. The lowest BCUT2D eigenvalue weighted by atomic mass is 9.83. The molecule has 2 saturated heterocycles. The molecule has 2 fully saturated rings. The maximum atomic E-state index is 12.7. The molecule has 6 heteroatoms. The fourth-order valence-corrected chi connectivity index (χ4v) is 5.07. The predicted molar refractivity (Wildman–Crippen MR) is 107 cm³/mol. The zero-order valence-corrected chi connectivity index (χ0v) is 16.2. The first kappa shape index (κ1) is 17.7. The van der Waals surface area contributed by atoms with Crippen molar-refractivity contribution in [1.29, 1.82) is 0 Å². The van der Waals surface area contributed by atoms with Crippen LogP contribution >= 0.6 is 0 Å². The van der Waals surface area contributed by atoms with E-state index in [4.69, 9.17) is 4.74 Å². The highest BCUT2D eigenvalue weighted by Crippen LogP contribution is 2.31. The monoisotopic (exact) mass is 380 g/mol. The Morgan fingerprint density at radius 3 is 3.11 bits per heavy atom. The number of carbonyl (C=O) groups is 1. The summed E-state index contributed by atoms with van der Waals surface area (Å²) >= 11 is 0. The lowest BCUT2D eigenvalue weighted by Gasteiger charge is -2.44. The van der Waals surface area contributed by atoms with Crippen molar-refractivity contribution in [2.45, 2.75) is 44.6 Å². The van der Waals surface area contributed by atoms with Crippen LogP contribution in [0, 0.1) is 5.92 Å². The van der Waals surface area contributed by atoms with E-state index < -0.39 is 0 Å². The van der Waals surface area contributed by atoms with Gasteiger partial charge in [-0.25, -0.2) is 0 Å². The van der Waals surface area contributed by atoms with E-state index in [9.17, 15) is 4.79 Å². The molecule has 0 aliphatic carbocycles. The van der Waals surface area contributed by atoms with Crippen LogP contribution in [0.3, 0.4) is 0 Å². The third-order valence-electron chi connectivity index (χ3n) is 6.56. The van der Waals surface area contributed by atoms with Crippen molar-refractivity contribution in [3.05, 3.63) is 35.5 Å². The lowest BCUT2D eigenvalue weighted by molar-refractivity contribution is 0.0575. The standard InChI is InChI=1S/C22H28N4O2/c27-22(23-14-17-4-3-10-26-9-2-1-5-20(17)26)19-13-18(24-25-19)15-6-7-21-16(12-15)8-11-28-21/h6-7,12-13,17,20H,1-5,8-11,14H2,(H,23,27)(H,24,25)/t17-,20-/m0/s1. The molecule has 3 aliphatic rings. The Bertz CT molecular complexity index is 860. The van der Waals surface area contributed by atoms with Gasteiger partial charge in [-0.05, 0) is 74.5 Å². The number of aromatic amines is 1. The molecule has 1 aromatic heterocycles. The SMILES string of the molecule is O=C(NC[C@@H]1CCCN2CCCC[C@@H]12)c1cc(-c2ccc3c(c2)CCO3)n[nH]1. The molecule has 4 heterocycles. The van der Waals surface area contributed by atoms with E-state index in [0.29, 0.717) is 17.7 Å². The van der Waals surface area contributed by atoms with E-state index in [1.54, 1.807) is 0 Å². The van der Waals surface area contributed by atoms with Crippen molar-refractivity contribution in [1.82, 2.24) is 20.4 Å². The fourth-order valence-electron chi connectivity index (χ4n) is 5.07. The number of fused-ring (bicyclic) bond motifs is 2. The van der Waals surface area contributed by atoms with Gasteiger partial charge in [0.25, 0.3) is 5.91 Å². The quantitative estimate of drug-likeness (QED) is 0.855. The van der Waals surface area contributed by atoms with Crippen molar-refractivity contribution in [2.75, 3.05) is 26.2 Å². The largest absolute Gasteiger partial charge is 0.493 e. The second-order valence-electron chi connectivity index (χ2n) is 8.30. The van der Waals surface area contributed by atoms with Gasteiger partial charge in [0.2, 0.25) is 0 Å². The predicted octanol–water partition coefficient (Wildman–Crippen LogP) is 3.01. The number of amides is 1. The number of H-pyrrole nitrogens is 1. The summed E-state index contributed by atoms with van der Waals surface area (Å²) in [4.78, 5) is 15.3. The number of aromatic nitrogens is 2. The molecule has 0 spiro atoms. The molecule has 0 unspecified atom stereocenters. The number of benzene rings is 1. The number of nitrogens with zero attached hydrogens (tertiary/aromatic N) is 2. The van der Waals surface area contributed by atoms with Crippen LogP contribution in [0.5, 0.6) is 5.75 Å². The van der Waals surface area contributed by atoms with E-state index in [1.807, 2.05) is 18.2 Å². The Kier molecular flexibility index (Phi) is 4.81. The first-order valence-corrected chi connectivity index (χ1v) is 10.6. The van der Waals surface area contributed by atoms with E-state index in [2.05, 4.69) is 26.5 Å². The number of piperidine rings is 2. The minimum Gasteiger partial charge on any atom is -0.493 e. The Morgan fingerprint density at radius 1 is 1.21 bits per heavy atom. The summed E-state index contributed by atoms with van der Waals surface area (Å²) in [7, 11) is 0. The molecule has 0 radical (unpaired) electrons. The molecule has 3 aliphatic heterocycles. The number of hydrogen-bond acceptors (Lipinski definition) is 4. The number of nitrogens with one attached hydrogen (secondary N) is 2. The van der Waals surface area contributed by atoms with Crippen molar-refractivity contribution in [2.24, 2.45) is 5.92 Å². The van der Waals surface area contributed by atoms with Gasteiger partial charge in [0, 0.05) is 24.6 Å². The summed E-state index contributed by atoms with van der Waals surface area (Å²) in [5.74, 6) is 1.47. The molecule has 0 saturated carbocycles. The summed E-state index contributed by atoms with van der Waals surface area (Å²) in [5.41, 5.74) is 3.56. The van der Waals surface area contributed by atoms with Crippen molar-refractivity contribution >= 4 is 5.91 Å². The van der Waals surface area contributed by atoms with Crippen LogP contribution < -0.4 is 10.1 Å². The second kappa shape index (κ2) is 7.59. The van der Waals surface area contributed by atoms with Crippen LogP contribution in [0.25, 0.3) is 11.3 Å². The van der Waals surface area contributed by atoms with Crippen LogP contribution in [-0.2, 0) is 6.42 Å². The number of carbonyl (C=O) groups excluding carboxylic acids is 1. The van der Waals surface area contributed by atoms with Gasteiger partial charge in [-0.3, -0.25) is 9.89 Å². The van der Waals surface area contributed by atoms with Crippen LogP contribution in [0.2, 0.25) is 0 Å². The van der Waals surface area contributed by atoms with Gasteiger partial charge in [-0.15, -0.1) is 0 Å². The average Bonchev–Trinajstić information content (AvgIpc) is 3.41. The summed E-state index contributed by atoms with van der Waals surface area (Å²) in [6.07, 6.45) is 7.31. The maximum Gasteiger partial charge on any atom is 0.269 e. The summed E-state index contributed by atoms with van der Waals surface area (Å²) in [6, 6.07) is 8.60. The minimum atomic E-state index is -0.0591. The topological polar surface area (TPSA) is 70.2 Å². The number of ether oxygens (including phenoxy) is 1. The van der Waals surface area contributed by atoms with Crippen molar-refractivity contribution in [3.63, 3.8) is 0 Å². The third-order valence-corrected chi connectivity index (χ3v) is 6.56. The van der Waals surface area contributed by atoms with Crippen LogP contribution in [0.1, 0.15) is 48.2 Å². The lowest BCUT2D eigenvalue weighted by Crippen LogP contribution is -2.51. The van der Waals surface area contributed by atoms with Gasteiger partial charge in [-0.2, -0.15) is 5.10 Å². The third kappa shape index (κ3) is 3.41. The van der Waals surface area contributed by atoms with Crippen molar-refractivity contribution < 1.29 is 9.53 Å². The molecule has 6 nitrogen and oxygen atoms in total. The second-order valence-corrected chi connectivity index (χ2v) is 8.30. The summed E-state index contributed by atoms with van der Waals surface area (Å²) < 4.78 is 5.56. The fraction of sp³-hybridized carbons (Fsp3) is 0.545. The van der Waals surface area contributed by atoms with Crippen LogP contribution in [0.4, 0.5) is 0 Å². The Hall–Kier alpha value is -2.34. The highest BCUT2D eigenvalue weighted by atomic mass is 16.5. The number of rotatable bonds is 4. The average molecular weight is 380 g/mol. The molecule has 2 aromatic rings. The van der Waals surface area contributed by atoms with Crippen LogP contribution in [-0.4, -0.2) is 53.3 Å². The molecule has 2 N–H and O–H groups in total. The number of hydrogen-bond donors (Lipinski definition) is 2. The Labute approximate surface area is 165 Å². The van der Waals surface area contributed by atoms with E-state index in [-0.39, 0.29) is 5.91 Å². The smallest absolute Gasteiger partial charge is 0.269 e. The molecule has 1 amide bonds. The van der Waals surface area contributed by atoms with Gasteiger partial charge in [0.1, 0.15) is 11.4 Å². The normalized spacial score (nSPS) is 24.3. The van der Waals surface area contributed by atoms with E-state index in [1.165, 1.54) is 50.8 Å². The molecule has 148 valence electrons. The zero-order chi connectivity index (χ0) is 18.9. The summed E-state index contributed by atoms with van der Waals surface area (Å²) in [5, 5.41) is 10.4. The van der Waals surface area contributed by atoms with E-state index >= 15 is 0 Å². The zero-order valence-electron chi connectivity index (χ0n) is 16.2. The molecular weight excluding hydrogens is 352 g/mol. The van der Waals surface area contributed by atoms with Gasteiger partial charge in [0.05, 0.1) is 12.3 Å². The van der Waals surface area contributed by atoms with Gasteiger partial charge >= 0.3 is 0 Å². The highest BCUT2D eigenvalue weighted by molar-refractivity contribution is 5.93. The first-order valence-electron chi connectivity index (χ1n) is 10.6. The van der Waals surface area contributed by atoms with Crippen LogP contribution in [0.15, 0.2) is 24.3 Å². The van der Waals surface area contributed by atoms with E-state index in [0.717, 1.165) is 36.6 Å². The van der Waals surface area contributed by atoms with Gasteiger partial charge in [-0.1, -0.05) is 6.42 Å². The Balaban J connectivity index is 1.23. The van der Waals surface area contributed by atoms with Gasteiger partial charge < -0.3 is 15.0 Å². The molecule has 28 heavy (non-hydrogen) atoms. The molecule has 2 atom stereocenters. The maximum absolute atomic E-state index is 12.7. The Morgan fingerprint density at radius 2 is 2.14 bits per heavy atom. The molecular formula is C22H28N4O2. The molecule has 1 aromatic carbocycles. The molecule has 0 bridgehead atoms. The van der Waals surface area contributed by atoms with Gasteiger partial charge in [0.15, 0.2) is 0 Å². The minimum absolute atomic E-state index is 0.0591. The van der Waals surface area contributed by atoms with Crippen molar-refractivity contribution in [3.8, 4) is 17.0 Å².